The van der Waals surface area contributed by atoms with Gasteiger partial charge in [-0.3, -0.25) is 9.69 Å². The van der Waals surface area contributed by atoms with E-state index in [0.29, 0.717) is 36.1 Å². The number of carbonyl (C=O) groups is 1. The molecule has 9 heteroatoms. The largest absolute Gasteiger partial charge is 0.481 e. The molecule has 2 fully saturated rings. The van der Waals surface area contributed by atoms with Crippen LogP contribution in [0.1, 0.15) is 59.6 Å². The lowest BCUT2D eigenvalue weighted by atomic mass is 10.1. The third-order valence-electron chi connectivity index (χ3n) is 6.59. The van der Waals surface area contributed by atoms with E-state index in [2.05, 4.69) is 63.5 Å². The summed E-state index contributed by atoms with van der Waals surface area (Å²) < 4.78 is 11.4. The summed E-state index contributed by atoms with van der Waals surface area (Å²) in [6.45, 7) is 8.07. The fourth-order valence-electron chi connectivity index (χ4n) is 4.89. The molecule has 1 aromatic carbocycles. The number of ether oxygens (including phenoxy) is 2. The topological polar surface area (TPSA) is 96.8 Å². The van der Waals surface area contributed by atoms with Gasteiger partial charge in [0.1, 0.15) is 11.6 Å². The van der Waals surface area contributed by atoms with Gasteiger partial charge in [-0.25, -0.2) is 9.97 Å². The average Bonchev–Trinajstić information content (AvgIpc) is 3.62. The summed E-state index contributed by atoms with van der Waals surface area (Å²) in [5, 5.41) is 12.9. The van der Waals surface area contributed by atoms with Crippen LogP contribution in [0.4, 0.5) is 5.82 Å². The second-order valence-electron chi connectivity index (χ2n) is 9.33. The number of hydrogen-bond acceptors (Lipinski definition) is 8. The molecule has 0 radical (unpaired) electrons. The van der Waals surface area contributed by atoms with Gasteiger partial charge in [0, 0.05) is 16.3 Å². The first-order valence-electron chi connectivity index (χ1n) is 12.5. The van der Waals surface area contributed by atoms with Gasteiger partial charge < -0.3 is 19.9 Å². The maximum absolute atomic E-state index is 11.5. The van der Waals surface area contributed by atoms with Crippen LogP contribution in [0.25, 0.3) is 10.4 Å². The first-order valence-corrected chi connectivity index (χ1v) is 13.3. The summed E-state index contributed by atoms with van der Waals surface area (Å²) in [6, 6.07) is 12.9. The number of likely N-dealkylation sites (tertiary alicyclic amines) is 1. The van der Waals surface area contributed by atoms with Gasteiger partial charge in [0.15, 0.2) is 6.29 Å². The van der Waals surface area contributed by atoms with Crippen LogP contribution < -0.4 is 5.32 Å². The van der Waals surface area contributed by atoms with Gasteiger partial charge in [-0.05, 0) is 63.0 Å². The van der Waals surface area contributed by atoms with Crippen molar-refractivity contribution in [2.45, 2.75) is 52.0 Å². The molecule has 1 atom stereocenters. The van der Waals surface area contributed by atoms with Crippen LogP contribution in [-0.2, 0) is 27.2 Å². The SMILES string of the molecule is Cc1nc(CC(=O)O)c(C2OCCO2)c(NC(C)c2ccc(-c3ccccc3CN3CCCC3)s2)n1. The molecule has 2 N–H and O–H groups in total. The first-order chi connectivity index (χ1) is 17.5. The van der Waals surface area contributed by atoms with E-state index in [1.807, 2.05) is 0 Å². The molecular weight excluding hydrogens is 476 g/mol. The Morgan fingerprint density at radius 1 is 1.17 bits per heavy atom. The Labute approximate surface area is 215 Å². The third kappa shape index (κ3) is 5.59. The highest BCUT2D eigenvalue weighted by atomic mass is 32.1. The molecule has 0 aliphatic carbocycles. The Morgan fingerprint density at radius 3 is 2.67 bits per heavy atom. The molecule has 190 valence electrons. The molecule has 2 aromatic heterocycles. The number of thiophene rings is 1. The van der Waals surface area contributed by atoms with Crippen LogP contribution in [-0.4, -0.2) is 52.2 Å². The van der Waals surface area contributed by atoms with Crippen molar-refractivity contribution in [1.29, 1.82) is 0 Å². The van der Waals surface area contributed by atoms with E-state index in [1.54, 1.807) is 18.3 Å². The highest BCUT2D eigenvalue weighted by Crippen LogP contribution is 2.37. The number of nitrogens with zero attached hydrogens (tertiary/aromatic N) is 3. The molecule has 4 heterocycles. The van der Waals surface area contributed by atoms with Crippen LogP contribution in [0.5, 0.6) is 0 Å². The Bertz CT molecular complexity index is 1220. The lowest BCUT2D eigenvalue weighted by Crippen LogP contribution is -2.18. The van der Waals surface area contributed by atoms with Crippen LogP contribution >= 0.6 is 11.3 Å². The summed E-state index contributed by atoms with van der Waals surface area (Å²) in [6.07, 6.45) is 1.67. The molecule has 0 saturated carbocycles. The standard InChI is InChI=1S/C27H32N4O4S/c1-17(28-26-25(27-34-13-14-35-27)21(15-24(32)33)29-18(2)30-26)22-9-10-23(36-22)20-8-4-3-7-19(20)16-31-11-5-6-12-31/h3-4,7-10,17,27H,5-6,11-16H2,1-2H3,(H,32,33)(H,28,29,30). The van der Waals surface area contributed by atoms with E-state index in [4.69, 9.17) is 9.47 Å². The van der Waals surface area contributed by atoms with Crippen LogP contribution in [0.2, 0.25) is 0 Å². The highest BCUT2D eigenvalue weighted by Gasteiger charge is 2.29. The molecule has 0 bridgehead atoms. The minimum absolute atomic E-state index is 0.0541. The van der Waals surface area contributed by atoms with E-state index in [9.17, 15) is 9.90 Å². The third-order valence-corrected chi connectivity index (χ3v) is 7.90. The zero-order chi connectivity index (χ0) is 25.1. The van der Waals surface area contributed by atoms with E-state index < -0.39 is 12.3 Å². The smallest absolute Gasteiger partial charge is 0.309 e. The van der Waals surface area contributed by atoms with Crippen LogP contribution in [0.3, 0.4) is 0 Å². The van der Waals surface area contributed by atoms with Crippen molar-refractivity contribution >= 4 is 23.1 Å². The minimum Gasteiger partial charge on any atom is -0.481 e. The first kappa shape index (κ1) is 24.8. The van der Waals surface area contributed by atoms with Crippen molar-refractivity contribution < 1.29 is 19.4 Å². The second kappa shape index (κ2) is 11.0. The lowest BCUT2D eigenvalue weighted by molar-refractivity contribution is -0.136. The fourth-order valence-corrected chi connectivity index (χ4v) is 5.96. The Hall–Kier alpha value is -2.85. The van der Waals surface area contributed by atoms with E-state index in [0.717, 1.165) is 11.4 Å². The summed E-state index contributed by atoms with van der Waals surface area (Å²) >= 11 is 1.76. The number of carboxylic acid groups (broad SMARTS) is 1. The van der Waals surface area contributed by atoms with Crippen molar-refractivity contribution in [2.75, 3.05) is 31.6 Å². The van der Waals surface area contributed by atoms with Crippen molar-refractivity contribution in [3.8, 4) is 10.4 Å². The summed E-state index contributed by atoms with van der Waals surface area (Å²) in [7, 11) is 0. The fraction of sp³-hybridized carbons (Fsp3) is 0.444. The van der Waals surface area contributed by atoms with Gasteiger partial charge in [-0.1, -0.05) is 24.3 Å². The van der Waals surface area contributed by atoms with Gasteiger partial charge in [0.25, 0.3) is 0 Å². The molecule has 0 spiro atoms. The van der Waals surface area contributed by atoms with Crippen molar-refractivity contribution in [3.05, 3.63) is 63.9 Å². The minimum atomic E-state index is -0.957. The number of hydrogen-bond donors (Lipinski definition) is 2. The quantitative estimate of drug-likeness (QED) is 0.419. The number of nitrogens with one attached hydrogen (secondary N) is 1. The van der Waals surface area contributed by atoms with E-state index in [1.165, 1.54) is 41.9 Å². The summed E-state index contributed by atoms with van der Waals surface area (Å²) in [4.78, 5) is 25.5. The second-order valence-corrected chi connectivity index (χ2v) is 10.4. The van der Waals surface area contributed by atoms with Gasteiger partial charge in [-0.2, -0.15) is 0 Å². The molecule has 2 saturated heterocycles. The van der Waals surface area contributed by atoms with Gasteiger partial charge in [-0.15, -0.1) is 11.3 Å². The van der Waals surface area contributed by atoms with Crippen molar-refractivity contribution in [1.82, 2.24) is 14.9 Å². The molecule has 0 amide bonds. The number of aromatic nitrogens is 2. The molecule has 3 aromatic rings. The number of aliphatic carboxylic acids is 1. The predicted octanol–water partition coefficient (Wildman–Crippen LogP) is 4.95. The summed E-state index contributed by atoms with van der Waals surface area (Å²) in [5.41, 5.74) is 3.62. The lowest BCUT2D eigenvalue weighted by Gasteiger charge is -2.21. The zero-order valence-corrected chi connectivity index (χ0v) is 21.5. The Morgan fingerprint density at radius 2 is 1.92 bits per heavy atom. The molecule has 2 aliphatic heterocycles. The number of anilines is 1. The monoisotopic (exact) mass is 508 g/mol. The Kier molecular flexibility index (Phi) is 7.62. The van der Waals surface area contributed by atoms with Gasteiger partial charge in [0.05, 0.1) is 36.9 Å². The molecule has 8 nitrogen and oxygen atoms in total. The highest BCUT2D eigenvalue weighted by molar-refractivity contribution is 7.15. The number of rotatable bonds is 9. The van der Waals surface area contributed by atoms with Gasteiger partial charge >= 0.3 is 5.97 Å². The summed E-state index contributed by atoms with van der Waals surface area (Å²) in [5.74, 6) is 0.106. The molecule has 36 heavy (non-hydrogen) atoms. The Balaban J connectivity index is 1.40. The molecule has 2 aliphatic rings. The normalized spacial score (nSPS) is 17.5. The number of aryl methyl sites for hydroxylation is 1. The molecular formula is C27H32N4O4S. The van der Waals surface area contributed by atoms with Crippen LogP contribution in [0.15, 0.2) is 36.4 Å². The van der Waals surface area contributed by atoms with Crippen LogP contribution in [0, 0.1) is 6.92 Å². The molecule has 5 rings (SSSR count). The number of carboxylic acids is 1. The van der Waals surface area contributed by atoms with E-state index >= 15 is 0 Å². The predicted molar refractivity (Wildman–Crippen MR) is 139 cm³/mol. The van der Waals surface area contributed by atoms with Gasteiger partial charge in [0.2, 0.25) is 0 Å². The molecule has 1 unspecified atom stereocenters. The maximum atomic E-state index is 11.5. The number of benzene rings is 1. The maximum Gasteiger partial charge on any atom is 0.309 e. The average molecular weight is 509 g/mol. The van der Waals surface area contributed by atoms with Crippen molar-refractivity contribution in [3.63, 3.8) is 0 Å². The zero-order valence-electron chi connectivity index (χ0n) is 20.7. The van der Waals surface area contributed by atoms with E-state index in [-0.39, 0.29) is 12.5 Å². The van der Waals surface area contributed by atoms with Crippen molar-refractivity contribution in [2.24, 2.45) is 0 Å².